The molecule has 0 spiro atoms. The van der Waals surface area contributed by atoms with Gasteiger partial charge in [0.05, 0.1) is 4.92 Å². The molecule has 3 aromatic carbocycles. The van der Waals surface area contributed by atoms with Crippen molar-refractivity contribution in [3.8, 4) is 11.5 Å². The first-order chi connectivity index (χ1) is 16.5. The standard InChI is InChI=1S/C25H21ClN4O4/c26-18-7-11-23-20(15-18)28-25(34-23)16-4-8-19(9-5-16)27-24(31)17-6-10-21(22(14-17)30(32)33)29-12-2-1-3-13-29/h4-11,14-15H,1-3,12-13H2,(H,27,31). The number of benzene rings is 3. The molecule has 0 radical (unpaired) electrons. The van der Waals surface area contributed by atoms with E-state index in [4.69, 9.17) is 16.0 Å². The SMILES string of the molecule is O=C(Nc1ccc(-c2nc3cc(Cl)ccc3o2)cc1)c1ccc(N2CCCCC2)c([N+](=O)[O-])c1. The highest BCUT2D eigenvalue weighted by molar-refractivity contribution is 6.31. The molecule has 5 rings (SSSR count). The van der Waals surface area contributed by atoms with Crippen LogP contribution in [0.1, 0.15) is 29.6 Å². The molecule has 2 heterocycles. The molecule has 0 bridgehead atoms. The first kappa shape index (κ1) is 21.9. The third-order valence-corrected chi connectivity index (χ3v) is 6.11. The average Bonchev–Trinajstić information content (AvgIpc) is 3.28. The predicted molar refractivity (Wildman–Crippen MR) is 132 cm³/mol. The van der Waals surface area contributed by atoms with Gasteiger partial charge in [-0.25, -0.2) is 4.98 Å². The molecular formula is C25H21ClN4O4. The van der Waals surface area contributed by atoms with Crippen molar-refractivity contribution in [3.63, 3.8) is 0 Å². The van der Waals surface area contributed by atoms with E-state index in [0.29, 0.717) is 33.4 Å². The first-order valence-electron chi connectivity index (χ1n) is 11.0. The minimum atomic E-state index is -0.428. The van der Waals surface area contributed by atoms with Crippen molar-refractivity contribution in [2.45, 2.75) is 19.3 Å². The summed E-state index contributed by atoms with van der Waals surface area (Å²) in [7, 11) is 0. The normalized spacial score (nSPS) is 13.7. The summed E-state index contributed by atoms with van der Waals surface area (Å²) < 4.78 is 5.77. The van der Waals surface area contributed by atoms with E-state index in [2.05, 4.69) is 10.3 Å². The van der Waals surface area contributed by atoms with Gasteiger partial charge in [-0.1, -0.05) is 11.6 Å². The first-order valence-corrected chi connectivity index (χ1v) is 11.4. The van der Waals surface area contributed by atoms with Crippen LogP contribution < -0.4 is 10.2 Å². The van der Waals surface area contributed by atoms with E-state index in [1.165, 1.54) is 6.07 Å². The Hall–Kier alpha value is -3.91. The quantitative estimate of drug-likeness (QED) is 0.268. The number of nitrogens with one attached hydrogen (secondary N) is 1. The summed E-state index contributed by atoms with van der Waals surface area (Å²) in [6, 6.07) is 16.9. The smallest absolute Gasteiger partial charge is 0.293 e. The zero-order chi connectivity index (χ0) is 23.7. The Kier molecular flexibility index (Phi) is 5.90. The topological polar surface area (TPSA) is 102 Å². The van der Waals surface area contributed by atoms with E-state index >= 15 is 0 Å². The van der Waals surface area contributed by atoms with Gasteiger partial charge in [0.25, 0.3) is 11.6 Å². The van der Waals surface area contributed by atoms with Crippen molar-refractivity contribution in [3.05, 3.63) is 81.4 Å². The minimum absolute atomic E-state index is 0.0547. The summed E-state index contributed by atoms with van der Waals surface area (Å²) >= 11 is 6.01. The number of fused-ring (bicyclic) bond motifs is 1. The van der Waals surface area contributed by atoms with Crippen LogP contribution in [0.4, 0.5) is 17.1 Å². The van der Waals surface area contributed by atoms with E-state index in [0.717, 1.165) is 37.9 Å². The summed E-state index contributed by atoms with van der Waals surface area (Å²) in [5.41, 5.74) is 3.32. The van der Waals surface area contributed by atoms with Crippen LogP contribution in [0, 0.1) is 10.1 Å². The monoisotopic (exact) mass is 476 g/mol. The highest BCUT2D eigenvalue weighted by Crippen LogP contribution is 2.32. The van der Waals surface area contributed by atoms with Crippen molar-refractivity contribution < 1.29 is 14.1 Å². The number of carbonyl (C=O) groups excluding carboxylic acids is 1. The number of aromatic nitrogens is 1. The van der Waals surface area contributed by atoms with Crippen LogP contribution in [0.25, 0.3) is 22.6 Å². The van der Waals surface area contributed by atoms with Crippen LogP contribution in [-0.2, 0) is 0 Å². The van der Waals surface area contributed by atoms with E-state index in [-0.39, 0.29) is 11.3 Å². The fraction of sp³-hybridized carbons (Fsp3) is 0.200. The Bertz CT molecular complexity index is 1380. The molecule has 8 nitrogen and oxygen atoms in total. The summed E-state index contributed by atoms with van der Waals surface area (Å²) in [4.78, 5) is 30.5. The number of nitro groups is 1. The number of carbonyl (C=O) groups is 1. The van der Waals surface area contributed by atoms with Gasteiger partial charge in [0, 0.05) is 41.0 Å². The number of hydrogen-bond donors (Lipinski definition) is 1. The summed E-state index contributed by atoms with van der Waals surface area (Å²) in [6.45, 7) is 1.57. The van der Waals surface area contributed by atoms with Gasteiger partial charge in [0.15, 0.2) is 5.58 Å². The van der Waals surface area contributed by atoms with Crippen LogP contribution in [0.3, 0.4) is 0 Å². The van der Waals surface area contributed by atoms with Gasteiger partial charge in [0.2, 0.25) is 5.89 Å². The number of nitrogens with zero attached hydrogens (tertiary/aromatic N) is 3. The number of halogens is 1. The van der Waals surface area contributed by atoms with E-state index in [9.17, 15) is 14.9 Å². The van der Waals surface area contributed by atoms with Crippen LogP contribution in [0.15, 0.2) is 65.1 Å². The maximum Gasteiger partial charge on any atom is 0.293 e. The van der Waals surface area contributed by atoms with Gasteiger partial charge < -0.3 is 14.6 Å². The third kappa shape index (κ3) is 4.45. The third-order valence-electron chi connectivity index (χ3n) is 5.87. The Morgan fingerprint density at radius 1 is 1.03 bits per heavy atom. The fourth-order valence-corrected chi connectivity index (χ4v) is 4.30. The van der Waals surface area contributed by atoms with Crippen LogP contribution >= 0.6 is 11.6 Å². The lowest BCUT2D eigenvalue weighted by molar-refractivity contribution is -0.384. The number of anilines is 2. The predicted octanol–water partition coefficient (Wildman–Crippen LogP) is 6.30. The Labute approximate surface area is 200 Å². The summed E-state index contributed by atoms with van der Waals surface area (Å²) in [5.74, 6) is 0.0246. The van der Waals surface area contributed by atoms with Crippen LogP contribution in [-0.4, -0.2) is 28.9 Å². The van der Waals surface area contributed by atoms with Gasteiger partial charge in [-0.3, -0.25) is 14.9 Å². The van der Waals surface area contributed by atoms with Crippen molar-refractivity contribution in [1.29, 1.82) is 0 Å². The van der Waals surface area contributed by atoms with Crippen LogP contribution in [0.2, 0.25) is 5.02 Å². The number of amides is 1. The number of oxazole rings is 1. The summed E-state index contributed by atoms with van der Waals surface area (Å²) in [6.07, 6.45) is 3.14. The number of hydrogen-bond acceptors (Lipinski definition) is 6. The van der Waals surface area contributed by atoms with Gasteiger partial charge in [0.1, 0.15) is 11.2 Å². The lowest BCUT2D eigenvalue weighted by Crippen LogP contribution is -2.30. The van der Waals surface area contributed by atoms with Gasteiger partial charge >= 0.3 is 0 Å². The Morgan fingerprint density at radius 3 is 2.53 bits per heavy atom. The molecule has 0 unspecified atom stereocenters. The minimum Gasteiger partial charge on any atom is -0.436 e. The van der Waals surface area contributed by atoms with Crippen molar-refractivity contribution in [1.82, 2.24) is 4.98 Å². The molecule has 1 fully saturated rings. The highest BCUT2D eigenvalue weighted by Gasteiger charge is 2.23. The molecule has 0 atom stereocenters. The second-order valence-electron chi connectivity index (χ2n) is 8.17. The van der Waals surface area contributed by atoms with Crippen molar-refractivity contribution in [2.24, 2.45) is 0 Å². The lowest BCUT2D eigenvalue weighted by atomic mass is 10.1. The average molecular weight is 477 g/mol. The Morgan fingerprint density at radius 2 is 1.79 bits per heavy atom. The van der Waals surface area contributed by atoms with E-state index in [1.807, 2.05) is 4.90 Å². The molecule has 0 aliphatic carbocycles. The zero-order valence-corrected chi connectivity index (χ0v) is 18.9. The van der Waals surface area contributed by atoms with Gasteiger partial charge in [-0.15, -0.1) is 0 Å². The molecular weight excluding hydrogens is 456 g/mol. The van der Waals surface area contributed by atoms with Gasteiger partial charge in [-0.05, 0) is 73.9 Å². The lowest BCUT2D eigenvalue weighted by Gasteiger charge is -2.28. The summed E-state index contributed by atoms with van der Waals surface area (Å²) in [5, 5.41) is 15.0. The number of nitro benzene ring substituents is 1. The van der Waals surface area contributed by atoms with Crippen molar-refractivity contribution >= 4 is 45.7 Å². The maximum atomic E-state index is 12.8. The van der Waals surface area contributed by atoms with E-state index < -0.39 is 10.8 Å². The molecule has 172 valence electrons. The molecule has 1 N–H and O–H groups in total. The largest absolute Gasteiger partial charge is 0.436 e. The second-order valence-corrected chi connectivity index (χ2v) is 8.61. The fourth-order valence-electron chi connectivity index (χ4n) is 4.14. The number of piperidine rings is 1. The molecule has 9 heteroatoms. The number of rotatable bonds is 5. The molecule has 1 aliphatic heterocycles. The molecule has 4 aromatic rings. The molecule has 1 amide bonds. The molecule has 0 saturated carbocycles. The zero-order valence-electron chi connectivity index (χ0n) is 18.2. The molecule has 1 saturated heterocycles. The molecule has 1 aliphatic rings. The Balaban J connectivity index is 1.33. The van der Waals surface area contributed by atoms with E-state index in [1.54, 1.807) is 54.6 Å². The van der Waals surface area contributed by atoms with Gasteiger partial charge in [-0.2, -0.15) is 0 Å². The second kappa shape index (κ2) is 9.15. The van der Waals surface area contributed by atoms with Crippen molar-refractivity contribution in [2.75, 3.05) is 23.3 Å². The van der Waals surface area contributed by atoms with Crippen LogP contribution in [0.5, 0.6) is 0 Å². The highest BCUT2D eigenvalue weighted by atomic mass is 35.5. The molecule has 1 aromatic heterocycles. The maximum absolute atomic E-state index is 12.8. The molecule has 34 heavy (non-hydrogen) atoms.